The van der Waals surface area contributed by atoms with Gasteiger partial charge in [0.15, 0.2) is 0 Å². The first kappa shape index (κ1) is 14.8. The fourth-order valence-electron chi connectivity index (χ4n) is 2.55. The van der Waals surface area contributed by atoms with E-state index in [1.807, 2.05) is 6.92 Å². The number of β-amino-alcohol motifs (C(OH)–C–C–N with tert-alkyl or cyclic N) is 1. The Kier molecular flexibility index (Phi) is 3.99. The SMILES string of the molecule is CCC1(C)NC(=O)N(CC(=O)N2CCC[C@H](O)C2)C1=O. The molecule has 7 nitrogen and oxygen atoms in total. The van der Waals surface area contributed by atoms with Gasteiger partial charge in [0, 0.05) is 13.1 Å². The van der Waals surface area contributed by atoms with Crippen LogP contribution >= 0.6 is 0 Å². The maximum Gasteiger partial charge on any atom is 0.325 e. The number of carbonyl (C=O) groups excluding carboxylic acids is 3. The molecule has 0 saturated carbocycles. The number of amides is 4. The number of rotatable bonds is 3. The Hall–Kier alpha value is -1.63. The number of carbonyl (C=O) groups is 3. The number of imide groups is 1. The summed E-state index contributed by atoms with van der Waals surface area (Å²) < 4.78 is 0. The fourth-order valence-corrected chi connectivity index (χ4v) is 2.55. The van der Waals surface area contributed by atoms with E-state index in [0.717, 1.165) is 11.3 Å². The summed E-state index contributed by atoms with van der Waals surface area (Å²) in [5.74, 6) is -0.663. The van der Waals surface area contributed by atoms with Crippen LogP contribution < -0.4 is 5.32 Å². The molecular weight excluding hydrogens is 262 g/mol. The number of nitrogens with zero attached hydrogens (tertiary/aromatic N) is 2. The zero-order chi connectivity index (χ0) is 14.9. The van der Waals surface area contributed by atoms with E-state index in [1.54, 1.807) is 6.92 Å². The Bertz CT molecular complexity index is 439. The summed E-state index contributed by atoms with van der Waals surface area (Å²) in [5, 5.41) is 12.2. The first-order chi connectivity index (χ1) is 9.37. The summed E-state index contributed by atoms with van der Waals surface area (Å²) in [6.07, 6.45) is 1.38. The van der Waals surface area contributed by atoms with Gasteiger partial charge in [-0.15, -0.1) is 0 Å². The van der Waals surface area contributed by atoms with Crippen LogP contribution in [-0.4, -0.2) is 64.0 Å². The van der Waals surface area contributed by atoms with Gasteiger partial charge in [0.05, 0.1) is 6.10 Å². The van der Waals surface area contributed by atoms with Gasteiger partial charge in [-0.2, -0.15) is 0 Å². The first-order valence-electron chi connectivity index (χ1n) is 6.97. The van der Waals surface area contributed by atoms with Crippen LogP contribution in [0.25, 0.3) is 0 Å². The highest BCUT2D eigenvalue weighted by Gasteiger charge is 2.47. The van der Waals surface area contributed by atoms with Crippen LogP contribution in [0, 0.1) is 0 Å². The average molecular weight is 283 g/mol. The molecule has 2 atom stereocenters. The topological polar surface area (TPSA) is 90.0 Å². The molecule has 2 aliphatic rings. The molecule has 2 heterocycles. The normalized spacial score (nSPS) is 30.6. The van der Waals surface area contributed by atoms with E-state index in [9.17, 15) is 19.5 Å². The smallest absolute Gasteiger partial charge is 0.325 e. The summed E-state index contributed by atoms with van der Waals surface area (Å²) in [4.78, 5) is 38.6. The van der Waals surface area contributed by atoms with Gasteiger partial charge in [-0.05, 0) is 26.2 Å². The third-order valence-corrected chi connectivity index (χ3v) is 4.09. The van der Waals surface area contributed by atoms with Crippen molar-refractivity contribution in [1.82, 2.24) is 15.1 Å². The third-order valence-electron chi connectivity index (χ3n) is 4.09. The molecule has 1 unspecified atom stereocenters. The monoisotopic (exact) mass is 283 g/mol. The lowest BCUT2D eigenvalue weighted by Gasteiger charge is -2.31. The molecule has 0 aromatic heterocycles. The van der Waals surface area contributed by atoms with Gasteiger partial charge < -0.3 is 15.3 Å². The van der Waals surface area contributed by atoms with Crippen molar-refractivity contribution in [2.24, 2.45) is 0 Å². The number of aliphatic hydroxyl groups is 1. The van der Waals surface area contributed by atoms with E-state index < -0.39 is 17.7 Å². The summed E-state index contributed by atoms with van der Waals surface area (Å²) in [6, 6.07) is -0.523. The molecule has 7 heteroatoms. The summed E-state index contributed by atoms with van der Waals surface area (Å²) in [7, 11) is 0. The van der Waals surface area contributed by atoms with Crippen molar-refractivity contribution in [3.63, 3.8) is 0 Å². The zero-order valence-electron chi connectivity index (χ0n) is 11.9. The lowest BCUT2D eigenvalue weighted by atomic mass is 9.99. The predicted octanol–water partition coefficient (Wildman–Crippen LogP) is -0.310. The largest absolute Gasteiger partial charge is 0.391 e. The van der Waals surface area contributed by atoms with Crippen LogP contribution in [-0.2, 0) is 9.59 Å². The van der Waals surface area contributed by atoms with E-state index in [4.69, 9.17) is 0 Å². The van der Waals surface area contributed by atoms with Crippen molar-refractivity contribution < 1.29 is 19.5 Å². The Morgan fingerprint density at radius 1 is 1.50 bits per heavy atom. The summed E-state index contributed by atoms with van der Waals surface area (Å²) in [6.45, 7) is 4.04. The van der Waals surface area contributed by atoms with E-state index in [2.05, 4.69) is 5.32 Å². The summed E-state index contributed by atoms with van der Waals surface area (Å²) >= 11 is 0. The van der Waals surface area contributed by atoms with E-state index in [1.165, 1.54) is 4.90 Å². The van der Waals surface area contributed by atoms with Gasteiger partial charge in [-0.25, -0.2) is 4.79 Å². The molecule has 0 aliphatic carbocycles. The number of likely N-dealkylation sites (tertiary alicyclic amines) is 1. The van der Waals surface area contributed by atoms with Crippen molar-refractivity contribution in [3.8, 4) is 0 Å². The lowest BCUT2D eigenvalue weighted by molar-refractivity contribution is -0.140. The molecule has 2 saturated heterocycles. The van der Waals surface area contributed by atoms with Crippen LogP contribution in [0.15, 0.2) is 0 Å². The minimum absolute atomic E-state index is 0.257. The molecule has 4 amide bonds. The van der Waals surface area contributed by atoms with E-state index in [-0.39, 0.29) is 24.9 Å². The molecular formula is C13H21N3O4. The van der Waals surface area contributed by atoms with Crippen molar-refractivity contribution in [1.29, 1.82) is 0 Å². The van der Waals surface area contributed by atoms with Gasteiger partial charge in [-0.1, -0.05) is 6.92 Å². The Morgan fingerprint density at radius 2 is 2.20 bits per heavy atom. The lowest BCUT2D eigenvalue weighted by Crippen LogP contribution is -2.48. The number of hydrogen-bond donors (Lipinski definition) is 2. The second-order valence-electron chi connectivity index (χ2n) is 5.64. The minimum Gasteiger partial charge on any atom is -0.391 e. The van der Waals surface area contributed by atoms with Gasteiger partial charge in [-0.3, -0.25) is 14.5 Å². The Balaban J connectivity index is 2.01. The Labute approximate surface area is 117 Å². The molecule has 2 rings (SSSR count). The summed E-state index contributed by atoms with van der Waals surface area (Å²) in [5.41, 5.74) is -0.918. The third kappa shape index (κ3) is 2.63. The van der Waals surface area contributed by atoms with Gasteiger partial charge >= 0.3 is 6.03 Å². The maximum absolute atomic E-state index is 12.2. The van der Waals surface area contributed by atoms with Crippen molar-refractivity contribution in [2.45, 2.75) is 44.8 Å². The van der Waals surface area contributed by atoms with E-state index in [0.29, 0.717) is 19.4 Å². The maximum atomic E-state index is 12.2. The molecule has 0 bridgehead atoms. The van der Waals surface area contributed by atoms with Crippen molar-refractivity contribution in [2.75, 3.05) is 19.6 Å². The van der Waals surface area contributed by atoms with Crippen LogP contribution in [0.2, 0.25) is 0 Å². The molecule has 20 heavy (non-hydrogen) atoms. The zero-order valence-corrected chi connectivity index (χ0v) is 11.9. The van der Waals surface area contributed by atoms with Gasteiger partial charge in [0.2, 0.25) is 5.91 Å². The highest BCUT2D eigenvalue weighted by molar-refractivity contribution is 6.08. The van der Waals surface area contributed by atoms with Crippen LogP contribution in [0.3, 0.4) is 0 Å². The second kappa shape index (κ2) is 5.40. The van der Waals surface area contributed by atoms with Crippen LogP contribution in [0.1, 0.15) is 33.1 Å². The molecule has 2 aliphatic heterocycles. The number of hydrogen-bond acceptors (Lipinski definition) is 4. The van der Waals surface area contributed by atoms with Gasteiger partial charge in [0.25, 0.3) is 5.91 Å². The fraction of sp³-hybridized carbons (Fsp3) is 0.769. The predicted molar refractivity (Wildman–Crippen MR) is 70.8 cm³/mol. The molecule has 0 radical (unpaired) electrons. The minimum atomic E-state index is -0.918. The number of nitrogens with one attached hydrogen (secondary N) is 1. The van der Waals surface area contributed by atoms with Crippen molar-refractivity contribution in [3.05, 3.63) is 0 Å². The Morgan fingerprint density at radius 3 is 2.75 bits per heavy atom. The molecule has 112 valence electrons. The van der Waals surface area contributed by atoms with Gasteiger partial charge in [0.1, 0.15) is 12.1 Å². The number of piperidine rings is 1. The van der Waals surface area contributed by atoms with Crippen molar-refractivity contribution >= 4 is 17.8 Å². The number of aliphatic hydroxyl groups excluding tert-OH is 1. The van der Waals surface area contributed by atoms with Crippen LogP contribution in [0.4, 0.5) is 4.79 Å². The second-order valence-corrected chi connectivity index (χ2v) is 5.64. The first-order valence-corrected chi connectivity index (χ1v) is 6.97. The standard InChI is InChI=1S/C13H21N3O4/c1-3-13(2)11(19)16(12(20)14-13)8-10(18)15-6-4-5-9(17)7-15/h9,17H,3-8H2,1-2H3,(H,14,20)/t9-,13?/m0/s1. The number of urea groups is 1. The van der Waals surface area contributed by atoms with E-state index >= 15 is 0 Å². The average Bonchev–Trinajstić information content (AvgIpc) is 2.63. The molecule has 0 spiro atoms. The quantitative estimate of drug-likeness (QED) is 0.695. The molecule has 2 fully saturated rings. The highest BCUT2D eigenvalue weighted by atomic mass is 16.3. The van der Waals surface area contributed by atoms with Crippen LogP contribution in [0.5, 0.6) is 0 Å². The molecule has 2 N–H and O–H groups in total. The molecule has 0 aromatic carbocycles. The molecule has 0 aromatic rings. The highest BCUT2D eigenvalue weighted by Crippen LogP contribution is 2.21.